The van der Waals surface area contributed by atoms with Gasteiger partial charge in [0.25, 0.3) is 5.91 Å². The zero-order valence-electron chi connectivity index (χ0n) is 19.5. The minimum Gasteiger partial charge on any atom is -0.452 e. The molecular weight excluding hydrogens is 448 g/mol. The lowest BCUT2D eigenvalue weighted by molar-refractivity contribution is -0.127. The SMILES string of the molecule is O=C(OCC(=O)N(c1ccccc1)C1CCCCC1)c1ccccc1SCC(=O)N1CCCC1. The monoisotopic (exact) mass is 480 g/mol. The molecule has 2 aromatic carbocycles. The molecule has 6 nitrogen and oxygen atoms in total. The summed E-state index contributed by atoms with van der Waals surface area (Å²) in [5.74, 6) is -0.374. The number of amides is 2. The molecule has 0 radical (unpaired) electrons. The van der Waals surface area contributed by atoms with Crippen molar-refractivity contribution in [2.45, 2.75) is 55.9 Å². The smallest absolute Gasteiger partial charge is 0.339 e. The van der Waals surface area contributed by atoms with E-state index in [2.05, 4.69) is 0 Å². The van der Waals surface area contributed by atoms with Gasteiger partial charge in [-0.1, -0.05) is 49.6 Å². The van der Waals surface area contributed by atoms with Crippen LogP contribution in [0.25, 0.3) is 0 Å². The first-order valence-electron chi connectivity index (χ1n) is 12.2. The molecule has 7 heteroatoms. The van der Waals surface area contributed by atoms with Gasteiger partial charge in [-0.25, -0.2) is 4.79 Å². The summed E-state index contributed by atoms with van der Waals surface area (Å²) in [4.78, 5) is 42.9. The maximum absolute atomic E-state index is 13.2. The Hall–Kier alpha value is -2.80. The van der Waals surface area contributed by atoms with E-state index in [1.807, 2.05) is 52.3 Å². The van der Waals surface area contributed by atoms with Gasteiger partial charge in [-0.2, -0.15) is 0 Å². The molecule has 1 saturated carbocycles. The van der Waals surface area contributed by atoms with E-state index in [4.69, 9.17) is 4.74 Å². The van der Waals surface area contributed by atoms with E-state index in [9.17, 15) is 14.4 Å². The lowest BCUT2D eigenvalue weighted by Gasteiger charge is -2.34. The van der Waals surface area contributed by atoms with E-state index in [0.717, 1.165) is 57.3 Å². The first-order valence-corrected chi connectivity index (χ1v) is 13.2. The maximum atomic E-state index is 13.2. The topological polar surface area (TPSA) is 66.9 Å². The van der Waals surface area contributed by atoms with Gasteiger partial charge in [-0.15, -0.1) is 11.8 Å². The molecule has 2 aliphatic rings. The van der Waals surface area contributed by atoms with Crippen LogP contribution in [0.15, 0.2) is 59.5 Å². The fourth-order valence-corrected chi connectivity index (χ4v) is 5.66. The summed E-state index contributed by atoms with van der Waals surface area (Å²) >= 11 is 1.34. The molecule has 1 heterocycles. The van der Waals surface area contributed by atoms with Gasteiger partial charge in [-0.3, -0.25) is 9.59 Å². The summed E-state index contributed by atoms with van der Waals surface area (Å²) < 4.78 is 5.49. The highest BCUT2D eigenvalue weighted by molar-refractivity contribution is 8.00. The Balaban J connectivity index is 1.39. The quantitative estimate of drug-likeness (QED) is 0.396. The third-order valence-electron chi connectivity index (χ3n) is 6.49. The number of benzene rings is 2. The number of likely N-dealkylation sites (tertiary alicyclic amines) is 1. The Labute approximate surface area is 205 Å². The van der Waals surface area contributed by atoms with Crippen LogP contribution in [0.2, 0.25) is 0 Å². The van der Waals surface area contributed by atoms with Crippen molar-refractivity contribution in [2.24, 2.45) is 0 Å². The lowest BCUT2D eigenvalue weighted by Crippen LogP contribution is -2.43. The number of para-hydroxylation sites is 1. The highest BCUT2D eigenvalue weighted by atomic mass is 32.2. The largest absolute Gasteiger partial charge is 0.452 e. The Morgan fingerprint density at radius 2 is 1.56 bits per heavy atom. The van der Waals surface area contributed by atoms with Crippen LogP contribution >= 0.6 is 11.8 Å². The second-order valence-corrected chi connectivity index (χ2v) is 9.86. The summed E-state index contributed by atoms with van der Waals surface area (Å²) in [5, 5.41) is 0. The van der Waals surface area contributed by atoms with Gasteiger partial charge in [-0.05, 0) is 49.9 Å². The van der Waals surface area contributed by atoms with E-state index in [1.165, 1.54) is 18.2 Å². The van der Waals surface area contributed by atoms with Crippen LogP contribution in [0.5, 0.6) is 0 Å². The normalized spacial score (nSPS) is 16.3. The number of carbonyl (C=O) groups excluding carboxylic acids is 3. The van der Waals surface area contributed by atoms with Gasteiger partial charge in [0.1, 0.15) is 0 Å². The highest BCUT2D eigenvalue weighted by Crippen LogP contribution is 2.28. The molecule has 180 valence electrons. The average molecular weight is 481 g/mol. The van der Waals surface area contributed by atoms with Crippen LogP contribution in [0, 0.1) is 0 Å². The van der Waals surface area contributed by atoms with Crippen LogP contribution in [0.4, 0.5) is 5.69 Å². The van der Waals surface area contributed by atoms with E-state index < -0.39 is 5.97 Å². The number of nitrogens with zero attached hydrogens (tertiary/aromatic N) is 2. The second kappa shape index (κ2) is 12.1. The number of thioether (sulfide) groups is 1. The number of anilines is 1. The summed E-state index contributed by atoms with van der Waals surface area (Å²) in [6, 6.07) is 16.9. The first-order chi connectivity index (χ1) is 16.6. The summed E-state index contributed by atoms with van der Waals surface area (Å²) in [6.07, 6.45) is 7.40. The van der Waals surface area contributed by atoms with Crippen LogP contribution in [-0.2, 0) is 14.3 Å². The molecular formula is C27H32N2O4S. The number of hydrogen-bond acceptors (Lipinski definition) is 5. The second-order valence-electron chi connectivity index (χ2n) is 8.84. The van der Waals surface area contributed by atoms with Crippen molar-refractivity contribution >= 4 is 35.2 Å². The number of esters is 1. The van der Waals surface area contributed by atoms with Gasteiger partial charge < -0.3 is 14.5 Å². The summed E-state index contributed by atoms with van der Waals surface area (Å²) in [5.41, 5.74) is 1.23. The molecule has 0 bridgehead atoms. The predicted molar refractivity (Wildman–Crippen MR) is 134 cm³/mol. The predicted octanol–water partition coefficient (Wildman–Crippen LogP) is 4.92. The molecule has 1 saturated heterocycles. The van der Waals surface area contributed by atoms with E-state index in [0.29, 0.717) is 10.5 Å². The van der Waals surface area contributed by atoms with Crippen LogP contribution in [-0.4, -0.2) is 54.2 Å². The standard InChI is InChI=1S/C27H32N2O4S/c30-25(29(21-11-3-1-4-12-21)22-13-5-2-6-14-22)19-33-27(32)23-15-7-8-16-24(23)34-20-26(31)28-17-9-10-18-28/h1,3-4,7-8,11-12,15-16,22H,2,5-6,9-10,13-14,17-20H2. The van der Waals surface area contributed by atoms with Gasteiger partial charge >= 0.3 is 5.97 Å². The molecule has 34 heavy (non-hydrogen) atoms. The van der Waals surface area contributed by atoms with Crippen molar-refractivity contribution in [1.29, 1.82) is 0 Å². The number of ether oxygens (including phenoxy) is 1. The van der Waals surface area contributed by atoms with Crippen molar-refractivity contribution in [3.05, 3.63) is 60.2 Å². The highest BCUT2D eigenvalue weighted by Gasteiger charge is 2.28. The third-order valence-corrected chi connectivity index (χ3v) is 7.54. The molecule has 1 aliphatic heterocycles. The van der Waals surface area contributed by atoms with Crippen molar-refractivity contribution in [1.82, 2.24) is 4.90 Å². The zero-order chi connectivity index (χ0) is 23.8. The Morgan fingerprint density at radius 1 is 0.882 bits per heavy atom. The van der Waals surface area contributed by atoms with E-state index in [-0.39, 0.29) is 30.2 Å². The van der Waals surface area contributed by atoms with Crippen molar-refractivity contribution in [3.63, 3.8) is 0 Å². The number of rotatable bonds is 8. The van der Waals surface area contributed by atoms with E-state index in [1.54, 1.807) is 12.1 Å². The molecule has 2 aromatic rings. The Bertz CT molecular complexity index is 985. The molecule has 4 rings (SSSR count). The summed E-state index contributed by atoms with van der Waals surface area (Å²) in [6.45, 7) is 1.31. The zero-order valence-corrected chi connectivity index (χ0v) is 20.3. The van der Waals surface area contributed by atoms with Crippen LogP contribution in [0.1, 0.15) is 55.3 Å². The van der Waals surface area contributed by atoms with Gasteiger partial charge in [0.2, 0.25) is 5.91 Å². The molecule has 0 unspecified atom stereocenters. The minimum atomic E-state index is -0.540. The molecule has 1 aliphatic carbocycles. The third kappa shape index (κ3) is 6.20. The molecule has 2 fully saturated rings. The van der Waals surface area contributed by atoms with Crippen molar-refractivity contribution < 1.29 is 19.1 Å². The molecule has 0 N–H and O–H groups in total. The maximum Gasteiger partial charge on any atom is 0.339 e. The fraction of sp³-hybridized carbons (Fsp3) is 0.444. The lowest BCUT2D eigenvalue weighted by atomic mass is 9.93. The number of hydrogen-bond donors (Lipinski definition) is 0. The fourth-order valence-electron chi connectivity index (χ4n) is 4.72. The van der Waals surface area contributed by atoms with Gasteiger partial charge in [0.05, 0.1) is 11.3 Å². The minimum absolute atomic E-state index is 0.0897. The molecule has 0 spiro atoms. The Morgan fingerprint density at radius 3 is 2.29 bits per heavy atom. The first kappa shape index (κ1) is 24.3. The average Bonchev–Trinajstić information content (AvgIpc) is 3.43. The molecule has 0 atom stereocenters. The Kier molecular flexibility index (Phi) is 8.63. The van der Waals surface area contributed by atoms with Gasteiger partial charge in [0, 0.05) is 29.7 Å². The molecule has 2 amide bonds. The van der Waals surface area contributed by atoms with Gasteiger partial charge in [0.15, 0.2) is 6.61 Å². The van der Waals surface area contributed by atoms with Crippen LogP contribution < -0.4 is 4.90 Å². The summed E-state index contributed by atoms with van der Waals surface area (Å²) in [7, 11) is 0. The molecule has 0 aromatic heterocycles. The number of carbonyl (C=O) groups is 3. The van der Waals surface area contributed by atoms with E-state index >= 15 is 0 Å². The van der Waals surface area contributed by atoms with Crippen molar-refractivity contribution in [3.8, 4) is 0 Å². The van der Waals surface area contributed by atoms with Crippen LogP contribution in [0.3, 0.4) is 0 Å². The van der Waals surface area contributed by atoms with Crippen molar-refractivity contribution in [2.75, 3.05) is 30.3 Å².